The summed E-state index contributed by atoms with van der Waals surface area (Å²) >= 11 is 1.42. The van der Waals surface area contributed by atoms with Gasteiger partial charge in [0.2, 0.25) is 5.91 Å². The van der Waals surface area contributed by atoms with Crippen molar-refractivity contribution in [2.45, 2.75) is 24.5 Å². The molecule has 4 aromatic rings. The number of hydrogen-bond acceptors (Lipinski definition) is 5. The molecule has 1 aliphatic rings. The molecule has 6 nitrogen and oxygen atoms in total. The Morgan fingerprint density at radius 2 is 1.84 bits per heavy atom. The lowest BCUT2D eigenvalue weighted by Crippen LogP contribution is -2.36. The van der Waals surface area contributed by atoms with Gasteiger partial charge in [-0.25, -0.2) is 0 Å². The van der Waals surface area contributed by atoms with Gasteiger partial charge in [-0.15, -0.1) is 10.2 Å². The molecule has 2 aromatic heterocycles. The van der Waals surface area contributed by atoms with Crippen LogP contribution >= 0.6 is 11.8 Å². The van der Waals surface area contributed by atoms with Gasteiger partial charge in [0.05, 0.1) is 18.6 Å². The molecular formula is C24H22N4O2S. The van der Waals surface area contributed by atoms with Gasteiger partial charge in [-0.3, -0.25) is 9.36 Å². The molecular weight excluding hydrogens is 408 g/mol. The molecule has 0 spiro atoms. The topological polar surface area (TPSA) is 64.2 Å². The standard InChI is InChI=1S/C24H22N4O2S/c29-22(27-14-6-11-18-8-4-5-13-21(18)27)17-31-24-26-25-23(19-9-2-1-3-10-19)28(24)16-20-12-7-15-30-20/h1-5,7-10,12-13,15H,6,11,14,16-17H2. The molecule has 0 N–H and O–H groups in total. The van der Waals surface area contributed by atoms with Crippen LogP contribution in [0.1, 0.15) is 17.7 Å². The van der Waals surface area contributed by atoms with Gasteiger partial charge in [-0.2, -0.15) is 0 Å². The zero-order chi connectivity index (χ0) is 21.0. The van der Waals surface area contributed by atoms with Crippen LogP contribution in [0.5, 0.6) is 0 Å². The van der Waals surface area contributed by atoms with Crippen molar-refractivity contribution >= 4 is 23.4 Å². The van der Waals surface area contributed by atoms with Crippen LogP contribution in [0.4, 0.5) is 5.69 Å². The first-order valence-corrected chi connectivity index (χ1v) is 11.3. The monoisotopic (exact) mass is 430 g/mol. The molecule has 0 atom stereocenters. The van der Waals surface area contributed by atoms with Gasteiger partial charge < -0.3 is 9.32 Å². The summed E-state index contributed by atoms with van der Waals surface area (Å²) in [6.07, 6.45) is 3.66. The Labute approximate surface area is 184 Å². The lowest BCUT2D eigenvalue weighted by Gasteiger charge is -2.29. The number of fused-ring (bicyclic) bond motifs is 1. The molecule has 5 rings (SSSR count). The number of rotatable bonds is 6. The molecule has 3 heterocycles. The van der Waals surface area contributed by atoms with Crippen molar-refractivity contribution < 1.29 is 9.21 Å². The van der Waals surface area contributed by atoms with Crippen molar-refractivity contribution in [1.29, 1.82) is 0 Å². The number of amides is 1. The average molecular weight is 431 g/mol. The second-order valence-corrected chi connectivity index (χ2v) is 8.35. The lowest BCUT2D eigenvalue weighted by molar-refractivity contribution is -0.116. The number of para-hydroxylation sites is 1. The van der Waals surface area contributed by atoms with Gasteiger partial charge in [0.15, 0.2) is 11.0 Å². The van der Waals surface area contributed by atoms with E-state index >= 15 is 0 Å². The minimum Gasteiger partial charge on any atom is -0.467 e. The van der Waals surface area contributed by atoms with E-state index in [2.05, 4.69) is 16.3 Å². The smallest absolute Gasteiger partial charge is 0.237 e. The second kappa shape index (κ2) is 8.81. The first-order valence-electron chi connectivity index (χ1n) is 10.3. The third-order valence-electron chi connectivity index (χ3n) is 5.38. The van der Waals surface area contributed by atoms with Crippen molar-refractivity contribution in [3.63, 3.8) is 0 Å². The van der Waals surface area contributed by atoms with E-state index in [9.17, 15) is 4.79 Å². The van der Waals surface area contributed by atoms with Crippen LogP contribution in [0.25, 0.3) is 11.4 Å². The third-order valence-corrected chi connectivity index (χ3v) is 6.33. The molecule has 1 aliphatic heterocycles. The fourth-order valence-electron chi connectivity index (χ4n) is 3.89. The number of aryl methyl sites for hydroxylation is 1. The number of hydrogen-bond donors (Lipinski definition) is 0. The van der Waals surface area contributed by atoms with Crippen LogP contribution in [-0.2, 0) is 17.8 Å². The van der Waals surface area contributed by atoms with Gasteiger partial charge in [0, 0.05) is 17.8 Å². The minimum absolute atomic E-state index is 0.0889. The number of carbonyl (C=O) groups excluding carboxylic acids is 1. The maximum atomic E-state index is 13.1. The third kappa shape index (κ3) is 4.14. The first-order chi connectivity index (χ1) is 15.3. The number of furan rings is 1. The van der Waals surface area contributed by atoms with Crippen LogP contribution in [0, 0.1) is 0 Å². The fourth-order valence-corrected chi connectivity index (χ4v) is 4.71. The molecule has 1 amide bonds. The van der Waals surface area contributed by atoms with Crippen molar-refractivity contribution in [1.82, 2.24) is 14.8 Å². The molecule has 0 aliphatic carbocycles. The molecule has 0 fully saturated rings. The maximum absolute atomic E-state index is 13.1. The van der Waals surface area contributed by atoms with E-state index in [1.54, 1.807) is 6.26 Å². The highest BCUT2D eigenvalue weighted by molar-refractivity contribution is 7.99. The molecule has 7 heteroatoms. The van der Waals surface area contributed by atoms with Crippen molar-refractivity contribution in [3.8, 4) is 11.4 Å². The summed E-state index contributed by atoms with van der Waals surface area (Å²) in [6.45, 7) is 1.26. The fraction of sp³-hybridized carbons (Fsp3) is 0.208. The summed E-state index contributed by atoms with van der Waals surface area (Å²) in [4.78, 5) is 15.0. The average Bonchev–Trinajstić information content (AvgIpc) is 3.48. The normalized spacial score (nSPS) is 13.2. The minimum atomic E-state index is 0.0889. The number of anilines is 1. The van der Waals surface area contributed by atoms with Gasteiger partial charge in [0.1, 0.15) is 5.76 Å². The zero-order valence-electron chi connectivity index (χ0n) is 17.0. The Balaban J connectivity index is 1.38. The highest BCUT2D eigenvalue weighted by Crippen LogP contribution is 2.29. The quantitative estimate of drug-likeness (QED) is 0.417. The van der Waals surface area contributed by atoms with E-state index in [0.29, 0.717) is 17.5 Å². The lowest BCUT2D eigenvalue weighted by atomic mass is 10.0. The zero-order valence-corrected chi connectivity index (χ0v) is 17.8. The SMILES string of the molecule is O=C(CSc1nnc(-c2ccccc2)n1Cc1ccco1)N1CCCc2ccccc21. The van der Waals surface area contributed by atoms with Crippen LogP contribution in [0.15, 0.2) is 82.6 Å². The van der Waals surface area contributed by atoms with E-state index < -0.39 is 0 Å². The number of aromatic nitrogens is 3. The molecule has 0 saturated heterocycles. The van der Waals surface area contributed by atoms with E-state index in [1.165, 1.54) is 17.3 Å². The number of nitrogens with zero attached hydrogens (tertiary/aromatic N) is 4. The van der Waals surface area contributed by atoms with Crippen LogP contribution in [0.3, 0.4) is 0 Å². The number of thioether (sulfide) groups is 1. The first kappa shape index (κ1) is 19.6. The molecule has 0 saturated carbocycles. The maximum Gasteiger partial charge on any atom is 0.237 e. The molecule has 0 unspecified atom stereocenters. The summed E-state index contributed by atoms with van der Waals surface area (Å²) in [5.41, 5.74) is 3.24. The highest BCUT2D eigenvalue weighted by atomic mass is 32.2. The van der Waals surface area contributed by atoms with Crippen LogP contribution < -0.4 is 4.90 Å². The van der Waals surface area contributed by atoms with Gasteiger partial charge in [0.25, 0.3) is 0 Å². The van der Waals surface area contributed by atoms with Crippen LogP contribution in [-0.4, -0.2) is 33.0 Å². The van der Waals surface area contributed by atoms with Gasteiger partial charge >= 0.3 is 0 Å². The van der Waals surface area contributed by atoms with Crippen molar-refractivity contribution in [3.05, 3.63) is 84.3 Å². The van der Waals surface area contributed by atoms with E-state index in [1.807, 2.05) is 70.1 Å². The summed E-state index contributed by atoms with van der Waals surface area (Å²) in [6, 6.07) is 21.9. The second-order valence-electron chi connectivity index (χ2n) is 7.40. The summed E-state index contributed by atoms with van der Waals surface area (Å²) < 4.78 is 7.56. The number of carbonyl (C=O) groups is 1. The molecule has 31 heavy (non-hydrogen) atoms. The van der Waals surface area contributed by atoms with E-state index in [0.717, 1.165) is 42.2 Å². The van der Waals surface area contributed by atoms with Crippen LogP contribution in [0.2, 0.25) is 0 Å². The highest BCUT2D eigenvalue weighted by Gasteiger charge is 2.23. The summed E-state index contributed by atoms with van der Waals surface area (Å²) in [5, 5.41) is 9.52. The van der Waals surface area contributed by atoms with Crippen molar-refractivity contribution in [2.75, 3.05) is 17.2 Å². The van der Waals surface area contributed by atoms with E-state index in [-0.39, 0.29) is 5.91 Å². The van der Waals surface area contributed by atoms with Gasteiger partial charge in [-0.1, -0.05) is 60.3 Å². The molecule has 0 bridgehead atoms. The number of benzene rings is 2. The summed E-state index contributed by atoms with van der Waals surface area (Å²) in [5.74, 6) is 1.97. The largest absolute Gasteiger partial charge is 0.467 e. The predicted molar refractivity (Wildman–Crippen MR) is 121 cm³/mol. The Hall–Kier alpha value is -3.32. The summed E-state index contributed by atoms with van der Waals surface area (Å²) in [7, 11) is 0. The molecule has 156 valence electrons. The molecule has 0 radical (unpaired) electrons. The van der Waals surface area contributed by atoms with Crippen molar-refractivity contribution in [2.24, 2.45) is 0 Å². The van der Waals surface area contributed by atoms with Gasteiger partial charge in [-0.05, 0) is 36.6 Å². The Morgan fingerprint density at radius 3 is 2.68 bits per heavy atom. The Bertz CT molecular complexity index is 1170. The predicted octanol–water partition coefficient (Wildman–Crippen LogP) is 4.66. The van der Waals surface area contributed by atoms with E-state index in [4.69, 9.17) is 4.42 Å². The Morgan fingerprint density at radius 1 is 1.00 bits per heavy atom. The molecule has 2 aromatic carbocycles. The Kier molecular flexibility index (Phi) is 5.58.